The van der Waals surface area contributed by atoms with Crippen molar-refractivity contribution in [3.63, 3.8) is 0 Å². The van der Waals surface area contributed by atoms with E-state index in [4.69, 9.17) is 0 Å². The first-order valence-electron chi connectivity index (χ1n) is 3.49. The fourth-order valence-electron chi connectivity index (χ4n) is 0.483. The molecule has 0 aliphatic carbocycles. The zero-order chi connectivity index (χ0) is 8.53. The Bertz CT molecular complexity index is 178. The topological polar surface area (TPSA) is 24.4 Å². The minimum atomic E-state index is 0.571. The molecule has 11 heavy (non-hydrogen) atoms. The van der Waals surface area contributed by atoms with Crippen LogP contribution in [0.4, 0.5) is 0 Å². The summed E-state index contributed by atoms with van der Waals surface area (Å²) >= 11 is 0. The highest BCUT2D eigenvalue weighted by molar-refractivity contribution is 5.27. The van der Waals surface area contributed by atoms with E-state index in [1.54, 1.807) is 6.20 Å². The van der Waals surface area contributed by atoms with Gasteiger partial charge >= 0.3 is 0 Å². The van der Waals surface area contributed by atoms with Gasteiger partial charge in [0.1, 0.15) is 5.82 Å². The van der Waals surface area contributed by atoms with Gasteiger partial charge in [-0.2, -0.15) is 0 Å². The van der Waals surface area contributed by atoms with Gasteiger partial charge in [-0.25, -0.2) is 4.99 Å². The van der Waals surface area contributed by atoms with Gasteiger partial charge in [0, 0.05) is 0 Å². The van der Waals surface area contributed by atoms with E-state index in [1.165, 1.54) is 0 Å². The minimum Gasteiger partial charge on any atom is -0.348 e. The van der Waals surface area contributed by atoms with Gasteiger partial charge in [0.25, 0.3) is 0 Å². The molecule has 0 aromatic carbocycles. The second-order valence-corrected chi connectivity index (χ2v) is 1.96. The zero-order valence-electron chi connectivity index (χ0n) is 6.88. The molecule has 0 fully saturated rings. The monoisotopic (exact) mass is 150 g/mol. The van der Waals surface area contributed by atoms with E-state index < -0.39 is 0 Å². The van der Waals surface area contributed by atoms with Crippen LogP contribution >= 0.6 is 0 Å². The molecule has 0 amide bonds. The van der Waals surface area contributed by atoms with Gasteiger partial charge in [-0.1, -0.05) is 24.8 Å². The lowest BCUT2D eigenvalue weighted by Gasteiger charge is -1.94. The highest BCUT2D eigenvalue weighted by Crippen LogP contribution is 1.86. The third-order valence-corrected chi connectivity index (χ3v) is 1.07. The Balaban J connectivity index is 3.44. The van der Waals surface area contributed by atoms with Crippen LogP contribution in [0.15, 0.2) is 41.8 Å². The number of allylic oxidation sites excluding steroid dienone is 3. The summed E-state index contributed by atoms with van der Waals surface area (Å²) in [5.41, 5.74) is 0. The van der Waals surface area contributed by atoms with Crippen molar-refractivity contribution in [3.05, 3.63) is 36.8 Å². The Morgan fingerprint density at radius 3 is 2.82 bits per heavy atom. The van der Waals surface area contributed by atoms with Crippen LogP contribution in [0.1, 0.15) is 13.3 Å². The normalized spacial score (nSPS) is 10.6. The smallest absolute Gasteiger partial charge is 0.121 e. The number of nitrogens with one attached hydrogen (secondary N) is 1. The summed E-state index contributed by atoms with van der Waals surface area (Å²) in [7, 11) is 0. The predicted octanol–water partition coefficient (Wildman–Crippen LogP) is 2.23. The molecule has 0 spiro atoms. The molecule has 0 aliphatic rings. The van der Waals surface area contributed by atoms with Gasteiger partial charge in [-0.05, 0) is 26.3 Å². The molecule has 0 saturated heterocycles. The van der Waals surface area contributed by atoms with Crippen molar-refractivity contribution in [2.24, 2.45) is 4.99 Å². The quantitative estimate of drug-likeness (QED) is 0.471. The average Bonchev–Trinajstić information content (AvgIpc) is 2.04. The van der Waals surface area contributed by atoms with E-state index in [9.17, 15) is 0 Å². The van der Waals surface area contributed by atoms with Crippen molar-refractivity contribution in [3.8, 4) is 0 Å². The van der Waals surface area contributed by atoms with Crippen LogP contribution in [0.3, 0.4) is 0 Å². The van der Waals surface area contributed by atoms with Crippen LogP contribution in [0, 0.1) is 0 Å². The minimum absolute atomic E-state index is 0.571. The van der Waals surface area contributed by atoms with E-state index >= 15 is 0 Å². The van der Waals surface area contributed by atoms with Crippen LogP contribution in [0.2, 0.25) is 0 Å². The summed E-state index contributed by atoms with van der Waals surface area (Å²) < 4.78 is 0. The molecule has 0 aliphatic heterocycles. The fourth-order valence-corrected chi connectivity index (χ4v) is 0.483. The molecule has 0 aromatic heterocycles. The Morgan fingerprint density at radius 2 is 2.27 bits per heavy atom. The Hall–Kier alpha value is -1.31. The SMILES string of the molecule is C=NC(=C)N/C=C\C/C=C\C. The van der Waals surface area contributed by atoms with Gasteiger partial charge in [0.15, 0.2) is 0 Å². The maximum atomic E-state index is 3.58. The number of nitrogens with zero attached hydrogens (tertiary/aromatic N) is 1. The molecule has 0 rings (SSSR count). The highest BCUT2D eigenvalue weighted by atomic mass is 15.0. The number of aliphatic imine (C=N–C) groups is 1. The summed E-state index contributed by atoms with van der Waals surface area (Å²) in [6.45, 7) is 8.89. The molecule has 0 radical (unpaired) electrons. The molecule has 0 saturated carbocycles. The molecule has 0 atom stereocenters. The molecule has 0 bridgehead atoms. The Kier molecular flexibility index (Phi) is 5.99. The second-order valence-electron chi connectivity index (χ2n) is 1.96. The number of hydrogen-bond donors (Lipinski definition) is 1. The molecule has 60 valence electrons. The first-order chi connectivity index (χ1) is 5.31. The fraction of sp³-hybridized carbons (Fsp3) is 0.222. The van der Waals surface area contributed by atoms with Crippen LogP contribution in [0.5, 0.6) is 0 Å². The van der Waals surface area contributed by atoms with Gasteiger partial charge in [-0.15, -0.1) is 0 Å². The van der Waals surface area contributed by atoms with E-state index in [0.29, 0.717) is 5.82 Å². The standard InChI is InChI=1S/C9H14N2/c1-4-5-6-7-8-11-9(2)10-3/h4-5,7-8,11H,2-3,6H2,1H3/b5-4-,8-7-. The molecular formula is C9H14N2. The average molecular weight is 150 g/mol. The van der Waals surface area contributed by atoms with Crippen LogP contribution in [0.25, 0.3) is 0 Å². The summed E-state index contributed by atoms with van der Waals surface area (Å²) in [5.74, 6) is 0.571. The lowest BCUT2D eigenvalue weighted by molar-refractivity contribution is 1.04. The third-order valence-electron chi connectivity index (χ3n) is 1.07. The third kappa shape index (κ3) is 6.58. The summed E-state index contributed by atoms with van der Waals surface area (Å²) in [4.78, 5) is 3.58. The number of rotatable bonds is 5. The van der Waals surface area contributed by atoms with Gasteiger partial charge < -0.3 is 5.32 Å². The van der Waals surface area contributed by atoms with Crippen molar-refractivity contribution in [1.82, 2.24) is 5.32 Å². The van der Waals surface area contributed by atoms with Crippen molar-refractivity contribution in [2.45, 2.75) is 13.3 Å². The van der Waals surface area contributed by atoms with Crippen molar-refractivity contribution >= 4 is 6.72 Å². The van der Waals surface area contributed by atoms with Gasteiger partial charge in [-0.3, -0.25) is 0 Å². The van der Waals surface area contributed by atoms with Crippen molar-refractivity contribution in [1.29, 1.82) is 0 Å². The largest absolute Gasteiger partial charge is 0.348 e. The van der Waals surface area contributed by atoms with Crippen LogP contribution in [-0.4, -0.2) is 6.72 Å². The summed E-state index contributed by atoms with van der Waals surface area (Å²) in [5, 5.41) is 2.85. The first kappa shape index (κ1) is 9.69. The lowest BCUT2D eigenvalue weighted by Crippen LogP contribution is -1.99. The molecule has 0 unspecified atom stereocenters. The molecule has 2 nitrogen and oxygen atoms in total. The zero-order valence-corrected chi connectivity index (χ0v) is 6.88. The maximum Gasteiger partial charge on any atom is 0.121 e. The van der Waals surface area contributed by atoms with Crippen molar-refractivity contribution < 1.29 is 0 Å². The molecule has 2 heteroatoms. The van der Waals surface area contributed by atoms with E-state index in [0.717, 1.165) is 6.42 Å². The lowest BCUT2D eigenvalue weighted by atomic mass is 10.4. The summed E-state index contributed by atoms with van der Waals surface area (Å²) in [6, 6.07) is 0. The van der Waals surface area contributed by atoms with Gasteiger partial charge in [0.2, 0.25) is 0 Å². The molecular weight excluding hydrogens is 136 g/mol. The first-order valence-corrected chi connectivity index (χ1v) is 3.49. The predicted molar refractivity (Wildman–Crippen MR) is 50.4 cm³/mol. The van der Waals surface area contributed by atoms with Crippen molar-refractivity contribution in [2.75, 3.05) is 0 Å². The number of hydrogen-bond acceptors (Lipinski definition) is 2. The van der Waals surface area contributed by atoms with Crippen LogP contribution in [-0.2, 0) is 0 Å². The second kappa shape index (κ2) is 6.81. The van der Waals surface area contributed by atoms with E-state index in [2.05, 4.69) is 29.7 Å². The maximum absolute atomic E-state index is 3.58. The molecule has 0 aromatic rings. The van der Waals surface area contributed by atoms with E-state index in [1.807, 2.05) is 19.1 Å². The highest BCUT2D eigenvalue weighted by Gasteiger charge is 1.76. The van der Waals surface area contributed by atoms with E-state index in [-0.39, 0.29) is 0 Å². The van der Waals surface area contributed by atoms with Crippen LogP contribution < -0.4 is 5.32 Å². The Labute approximate surface area is 68.0 Å². The van der Waals surface area contributed by atoms with Gasteiger partial charge in [0.05, 0.1) is 0 Å². The summed E-state index contributed by atoms with van der Waals surface area (Å²) in [6.07, 6.45) is 8.77. The Morgan fingerprint density at radius 1 is 1.55 bits per heavy atom. The molecule has 1 N–H and O–H groups in total. The molecule has 0 heterocycles.